The number of pyridine rings is 2. The maximum absolute atomic E-state index is 15.7. The van der Waals surface area contributed by atoms with Gasteiger partial charge in [-0.1, -0.05) is 121 Å². The molecule has 1 unspecified atom stereocenters. The van der Waals surface area contributed by atoms with Crippen molar-refractivity contribution >= 4 is 57.1 Å². The number of fused-ring (bicyclic) bond motifs is 2. The fraction of sp³-hybridized carbons (Fsp3) is 0.317. The van der Waals surface area contributed by atoms with Crippen LogP contribution in [0.5, 0.6) is 0 Å². The maximum Gasteiger partial charge on any atom is 0.416 e. The molecule has 0 saturated carbocycles. The first-order valence-corrected chi connectivity index (χ1v) is 32.9. The lowest BCUT2D eigenvalue weighted by Gasteiger charge is -2.42. The molecule has 106 heavy (non-hydrogen) atoms. The second-order valence-electron chi connectivity index (χ2n) is 22.9. The van der Waals surface area contributed by atoms with Crippen LogP contribution in [0.15, 0.2) is 207 Å². The van der Waals surface area contributed by atoms with Crippen molar-refractivity contribution < 1.29 is 118 Å². The highest BCUT2D eigenvalue weighted by atomic mass is 32.2. The van der Waals surface area contributed by atoms with Gasteiger partial charge >= 0.3 is 12.4 Å². The lowest BCUT2D eigenvalue weighted by molar-refractivity contribution is -0.138. The van der Waals surface area contributed by atoms with Gasteiger partial charge in [-0.25, -0.2) is 17.6 Å². The smallest absolute Gasteiger partial charge is 0.383 e. The number of alkyl halides is 6. The van der Waals surface area contributed by atoms with E-state index in [2.05, 4.69) is 9.47 Å². The van der Waals surface area contributed by atoms with Crippen LogP contribution in [0.4, 0.5) is 43.9 Å². The highest BCUT2D eigenvalue weighted by Gasteiger charge is 2.35. The number of hydrogen-bond acceptors (Lipinski definition) is 10. The van der Waals surface area contributed by atoms with Gasteiger partial charge in [-0.15, -0.1) is 23.5 Å². The van der Waals surface area contributed by atoms with Crippen molar-refractivity contribution in [3.63, 3.8) is 0 Å². The van der Waals surface area contributed by atoms with Crippen LogP contribution in [0.2, 0.25) is 0 Å². The molecule has 0 bridgehead atoms. The molecule has 2 saturated heterocycles. The number of aromatic nitrogens is 2. The molecule has 10 aromatic rings. The number of thioether (sulfide) groups is 2. The largest absolute Gasteiger partial charge is 0.416 e. The monoisotopic (exact) mass is 1540 g/mol. The second kappa shape index (κ2) is 35.1. The summed E-state index contributed by atoms with van der Waals surface area (Å²) in [6.07, 6.45) is -12.4. The molecule has 8 aromatic carbocycles. The van der Waals surface area contributed by atoms with Crippen molar-refractivity contribution in [3.05, 3.63) is 270 Å². The molecule has 0 radical (unpaired) electrons. The number of carbonyl (C=O) groups excluding carboxylic acids is 2. The van der Waals surface area contributed by atoms with Crippen LogP contribution < -0.4 is 10.9 Å². The van der Waals surface area contributed by atoms with Gasteiger partial charge in [0, 0.05) is 128 Å². The minimum Gasteiger partial charge on any atom is -0.383 e. The normalized spacial score (nSPS) is 21.7. The fourth-order valence-electron chi connectivity index (χ4n) is 10.9. The summed E-state index contributed by atoms with van der Waals surface area (Å²) in [6.45, 7) is -25.6. The lowest BCUT2D eigenvalue weighted by Crippen LogP contribution is -2.49. The van der Waals surface area contributed by atoms with Gasteiger partial charge in [-0.3, -0.25) is 19.2 Å². The van der Waals surface area contributed by atoms with E-state index in [0.717, 1.165) is 57.7 Å². The van der Waals surface area contributed by atoms with Crippen LogP contribution in [0.25, 0.3) is 44.1 Å². The molecule has 2 amide bonds. The number of hydrogen-bond donors (Lipinski definition) is 0. The second-order valence-corrected chi connectivity index (χ2v) is 24.5. The van der Waals surface area contributed by atoms with E-state index in [4.69, 9.17) is 45.2 Å². The Hall–Kier alpha value is -9.04. The summed E-state index contributed by atoms with van der Waals surface area (Å²) in [6, 6.07) is -8.47. The van der Waals surface area contributed by atoms with Gasteiger partial charge in [0.05, 0.1) is 95.2 Å². The predicted molar refractivity (Wildman–Crippen MR) is 395 cm³/mol. The molecule has 24 heteroatoms. The molecule has 0 N–H and O–H groups in total. The van der Waals surface area contributed by atoms with Crippen LogP contribution in [0.1, 0.15) is 132 Å². The number of nitrogens with zero attached hydrogens (tertiary/aromatic N) is 6. The van der Waals surface area contributed by atoms with Crippen LogP contribution in [0.3, 0.4) is 0 Å². The SMILES string of the molecule is [2H]C([2H])([2H])OC([2H])([2H])C([2H])([2H])N1CCC(N(C(=O)C([2H])([2H])n2c(SC([2H])([2H])c3cccc(F)c3F)cc(=O)c3ccccc32)C([2H])(C)c2ccc(-c3ccc(C(F)(F)F)cc3)cc2)CC1.[2H]c1c([2H])c(F)c(F)c(C([2H])([2H])Sc2c([2H])c(=O)c3c([2H])c(C)c([2H])c([2H])c3n2C([2H])([2H])C(=O)N(C2CCN(C([2H])([2H])C([2H])([2H])OC([2H])([2H])[2H])CC2)C([2H])([2H])c2c([2H])c([2H])c(-c3c([2H])c([2H])c(C(F)(F)F)c([2H])c3[2H])c([2H])c2[2H])c1[2H]. The highest BCUT2D eigenvalue weighted by molar-refractivity contribution is 7.98. The van der Waals surface area contributed by atoms with Crippen LogP contribution in [0, 0.1) is 30.2 Å². The van der Waals surface area contributed by atoms with Crippen molar-refractivity contribution in [2.75, 3.05) is 66.4 Å². The van der Waals surface area contributed by atoms with Crippen molar-refractivity contribution in [1.82, 2.24) is 28.7 Å². The number of ether oxygens (including phenoxy) is 2. The number of amides is 2. The molecule has 12 rings (SSSR count). The summed E-state index contributed by atoms with van der Waals surface area (Å²) in [5.74, 6) is -11.2. The zero-order chi connectivity index (χ0) is 111. The van der Waals surface area contributed by atoms with Gasteiger partial charge in [0.1, 0.15) is 13.0 Å². The first-order valence-electron chi connectivity index (χ1n) is 51.2. The zero-order valence-electron chi connectivity index (χ0n) is 94.8. The highest BCUT2D eigenvalue weighted by Crippen LogP contribution is 2.37. The molecular weight excluding hydrogens is 1420 g/mol. The summed E-state index contributed by atoms with van der Waals surface area (Å²) < 4.78 is 493. The topological polar surface area (TPSA) is 110 Å². The Labute approximate surface area is 672 Å². The van der Waals surface area contributed by atoms with E-state index in [1.54, 1.807) is 0 Å². The Bertz CT molecular complexity index is 6880. The van der Waals surface area contributed by atoms with Crippen LogP contribution in [-0.4, -0.2) is 119 Å². The first kappa shape index (κ1) is 41.3. The summed E-state index contributed by atoms with van der Waals surface area (Å²) in [7, 11) is -6.88. The Morgan fingerprint density at radius 1 is 0.585 bits per heavy atom. The number of rotatable bonds is 24. The van der Waals surface area contributed by atoms with E-state index in [1.807, 2.05) is 0 Å². The molecule has 2 aliphatic rings. The maximum atomic E-state index is 15.7. The van der Waals surface area contributed by atoms with Gasteiger partial charge in [-0.05, 0) is 133 Å². The van der Waals surface area contributed by atoms with Crippen molar-refractivity contribution in [3.8, 4) is 22.3 Å². The number of carbonyl (C=O) groups is 2. The number of benzene rings is 8. The van der Waals surface area contributed by atoms with E-state index in [0.29, 0.717) is 16.0 Å². The lowest BCUT2D eigenvalue weighted by atomic mass is 9.96. The summed E-state index contributed by atoms with van der Waals surface area (Å²) in [5, 5.41) is -3.32. The van der Waals surface area contributed by atoms with Crippen molar-refractivity contribution in [2.45, 2.75) is 111 Å². The molecule has 556 valence electrons. The Balaban J connectivity index is 0.000000284. The minimum absolute atomic E-state index is 0.0646. The van der Waals surface area contributed by atoms with Gasteiger partial charge in [0.2, 0.25) is 11.8 Å². The minimum atomic E-state index is -5.52. The Morgan fingerprint density at radius 3 is 1.78 bits per heavy atom. The molecule has 0 spiro atoms. The van der Waals surface area contributed by atoms with E-state index in [9.17, 15) is 49.9 Å². The Kier molecular flexibility index (Phi) is 13.7. The third kappa shape index (κ3) is 19.2. The van der Waals surface area contributed by atoms with Gasteiger partial charge in [0.15, 0.2) is 34.1 Å². The number of likely N-dealkylation sites (tertiary alicyclic amines) is 2. The van der Waals surface area contributed by atoms with Gasteiger partial charge < -0.3 is 38.2 Å². The standard InChI is InChI=1S/2C41H40F5N3O3S/c1-27(28-10-12-29(13-11-28)30-14-16-32(17-15-30)41(44,45)46)49(33-18-20-47(21-19-33)22-23-52-2)38(51)25-48-36-9-4-3-7-34(36)37(50)24-39(48)53-26-31-6-5-8-35(42)40(31)43;1-27-6-15-36-34(22-27)37(50)23-39(53-26-31-4-3-5-35(42)40(31)43)49(36)25-38(51)48(33-16-18-47(19-17-33)20-21-52-2)24-28-7-9-29(10-8-28)30-11-13-32(14-12-30)41(44,45)46/h3-17,24,27,33H,18-23,25-26H2,1-2H3;3-15,22-23,33H,16-21,24-26H2,1-2H3/i2D3,22D2,23D2,25D2,26D2,27D;2D3,3D,4D,5D,6D,7D,8D,9D,10D,11D,12D,13D,14D,15D,20D2,21D2,22D,23D,24D2,25D2,26D2. The summed E-state index contributed by atoms with van der Waals surface area (Å²) in [5.41, 5.74) is -19.8. The van der Waals surface area contributed by atoms with Crippen molar-refractivity contribution in [2.24, 2.45) is 0 Å². The molecule has 0 aliphatic carbocycles. The first-order chi connectivity index (χ1) is 66.5. The third-order valence-electron chi connectivity index (χ3n) is 16.2. The van der Waals surface area contributed by atoms with E-state index < -0.39 is 341 Å². The van der Waals surface area contributed by atoms with E-state index in [-0.39, 0.29) is 63.6 Å². The van der Waals surface area contributed by atoms with Crippen molar-refractivity contribution in [1.29, 1.82) is 0 Å². The average molecular weight is 1540 g/mol. The average Bonchev–Trinajstić information content (AvgIpc) is 0.706. The molecule has 1 atom stereocenters. The molecule has 2 aromatic heterocycles. The molecular formula is C82H80F10N6O6S2. The fourth-order valence-corrected chi connectivity index (χ4v) is 12.4. The summed E-state index contributed by atoms with van der Waals surface area (Å²) in [4.78, 5) is 60.9. The van der Waals surface area contributed by atoms with Crippen LogP contribution in [-0.2, 0) is 62.3 Å². The van der Waals surface area contributed by atoms with Gasteiger partial charge in [0.25, 0.3) is 0 Å². The molecule has 12 nitrogen and oxygen atoms in total. The third-order valence-corrected chi connectivity index (χ3v) is 17.8. The quantitative estimate of drug-likeness (QED) is 0.0428. The number of halogens is 10. The van der Waals surface area contributed by atoms with Gasteiger partial charge in [-0.2, -0.15) is 26.3 Å². The number of para-hydroxylation sites is 1. The Morgan fingerprint density at radius 2 is 1.15 bits per heavy atom. The molecule has 4 heterocycles. The van der Waals surface area contributed by atoms with E-state index in [1.165, 1.54) is 67.6 Å². The molecule has 2 aliphatic heterocycles. The van der Waals surface area contributed by atoms with E-state index >= 15 is 22.8 Å². The zero-order valence-corrected chi connectivity index (χ0v) is 56.4. The number of piperidine rings is 2. The summed E-state index contributed by atoms with van der Waals surface area (Å²) >= 11 is -0.544. The molecule has 2 fully saturated rings. The van der Waals surface area contributed by atoms with Crippen LogP contribution >= 0.6 is 23.5 Å². The predicted octanol–water partition coefficient (Wildman–Crippen LogP) is 17.7. The number of methoxy groups -OCH3 is 2.